The SMILES string of the molecule is COC(=O)CCC/C=C1/C[C@H]2CC=C(C=O)[C@@H]12. The third-order valence-electron chi connectivity index (χ3n) is 3.74. The largest absolute Gasteiger partial charge is 0.469 e. The molecule has 2 aliphatic carbocycles. The third-order valence-corrected chi connectivity index (χ3v) is 3.74. The molecule has 0 radical (unpaired) electrons. The highest BCUT2D eigenvalue weighted by Gasteiger charge is 2.40. The molecule has 0 saturated heterocycles. The van der Waals surface area contributed by atoms with Gasteiger partial charge in [0.05, 0.1) is 7.11 Å². The van der Waals surface area contributed by atoms with E-state index >= 15 is 0 Å². The molecule has 0 unspecified atom stereocenters. The van der Waals surface area contributed by atoms with Crippen LogP contribution in [-0.2, 0) is 14.3 Å². The van der Waals surface area contributed by atoms with Crippen LogP contribution in [0.5, 0.6) is 0 Å². The smallest absolute Gasteiger partial charge is 0.305 e. The summed E-state index contributed by atoms with van der Waals surface area (Å²) in [7, 11) is 1.41. The number of ether oxygens (including phenoxy) is 1. The van der Waals surface area contributed by atoms with Gasteiger partial charge in [0.25, 0.3) is 0 Å². The summed E-state index contributed by atoms with van der Waals surface area (Å²) in [4.78, 5) is 21.8. The maximum Gasteiger partial charge on any atom is 0.305 e. The molecule has 0 aromatic carbocycles. The van der Waals surface area contributed by atoms with Crippen LogP contribution in [0, 0.1) is 11.8 Å². The molecule has 2 aliphatic rings. The summed E-state index contributed by atoms with van der Waals surface area (Å²) in [5.74, 6) is 0.914. The van der Waals surface area contributed by atoms with Gasteiger partial charge in [0.1, 0.15) is 6.29 Å². The number of carbonyl (C=O) groups excluding carboxylic acids is 2. The van der Waals surface area contributed by atoms with Crippen molar-refractivity contribution in [3.63, 3.8) is 0 Å². The van der Waals surface area contributed by atoms with Crippen molar-refractivity contribution in [2.75, 3.05) is 7.11 Å². The van der Waals surface area contributed by atoms with Crippen molar-refractivity contribution in [2.24, 2.45) is 11.8 Å². The normalized spacial score (nSPS) is 28.3. The zero-order chi connectivity index (χ0) is 12.3. The summed E-state index contributed by atoms with van der Waals surface area (Å²) in [6.45, 7) is 0. The second-order valence-electron chi connectivity index (χ2n) is 4.75. The second kappa shape index (κ2) is 5.30. The van der Waals surface area contributed by atoms with Crippen molar-refractivity contribution in [3.8, 4) is 0 Å². The lowest BCUT2D eigenvalue weighted by atomic mass is 9.68. The van der Waals surface area contributed by atoms with Gasteiger partial charge in [-0.1, -0.05) is 17.7 Å². The first-order valence-corrected chi connectivity index (χ1v) is 6.17. The van der Waals surface area contributed by atoms with Gasteiger partial charge < -0.3 is 4.74 Å². The van der Waals surface area contributed by atoms with E-state index < -0.39 is 0 Å². The first kappa shape index (κ1) is 12.1. The lowest BCUT2D eigenvalue weighted by molar-refractivity contribution is -0.140. The Hall–Kier alpha value is -1.38. The van der Waals surface area contributed by atoms with Gasteiger partial charge in [-0.3, -0.25) is 9.59 Å². The minimum Gasteiger partial charge on any atom is -0.469 e. The standard InChI is InChI=1S/C14H18O3/c1-17-13(16)5-3-2-4-10-8-11-6-7-12(9-15)14(10)11/h4,7,9,11,14H,2-3,5-6,8H2,1H3/b10-4-/t11-,14+/m1/s1. The molecule has 17 heavy (non-hydrogen) atoms. The van der Waals surface area contributed by atoms with E-state index in [2.05, 4.69) is 16.9 Å². The molecule has 0 bridgehead atoms. The zero-order valence-corrected chi connectivity index (χ0v) is 10.1. The Kier molecular flexibility index (Phi) is 3.77. The van der Waals surface area contributed by atoms with Crippen LogP contribution < -0.4 is 0 Å². The highest BCUT2D eigenvalue weighted by Crippen LogP contribution is 2.50. The fourth-order valence-electron chi connectivity index (χ4n) is 2.78. The zero-order valence-electron chi connectivity index (χ0n) is 10.1. The maximum absolute atomic E-state index is 10.9. The van der Waals surface area contributed by atoms with E-state index in [1.54, 1.807) is 0 Å². The number of rotatable bonds is 5. The molecule has 0 aromatic rings. The number of aldehydes is 1. The van der Waals surface area contributed by atoms with E-state index in [1.165, 1.54) is 12.7 Å². The Bertz CT molecular complexity index is 379. The summed E-state index contributed by atoms with van der Waals surface area (Å²) in [5.41, 5.74) is 2.34. The van der Waals surface area contributed by atoms with Gasteiger partial charge in [0.15, 0.2) is 0 Å². The average molecular weight is 234 g/mol. The molecule has 1 saturated carbocycles. The first-order chi connectivity index (χ1) is 8.26. The fourth-order valence-corrected chi connectivity index (χ4v) is 2.78. The van der Waals surface area contributed by atoms with Crippen LogP contribution in [0.3, 0.4) is 0 Å². The van der Waals surface area contributed by atoms with E-state index in [1.807, 2.05) is 0 Å². The number of carbonyl (C=O) groups is 2. The van der Waals surface area contributed by atoms with Gasteiger partial charge in [-0.05, 0) is 37.2 Å². The Morgan fingerprint density at radius 2 is 2.41 bits per heavy atom. The van der Waals surface area contributed by atoms with Crippen molar-refractivity contribution in [1.29, 1.82) is 0 Å². The van der Waals surface area contributed by atoms with Gasteiger partial charge in [-0.15, -0.1) is 0 Å². The summed E-state index contributed by atoms with van der Waals surface area (Å²) in [6.07, 6.45) is 9.64. The average Bonchev–Trinajstić information content (AvgIpc) is 2.65. The summed E-state index contributed by atoms with van der Waals surface area (Å²) >= 11 is 0. The molecule has 1 fully saturated rings. The van der Waals surface area contributed by atoms with E-state index in [0.29, 0.717) is 18.3 Å². The van der Waals surface area contributed by atoms with Crippen LogP contribution in [0.2, 0.25) is 0 Å². The third kappa shape index (κ3) is 2.48. The van der Waals surface area contributed by atoms with Gasteiger partial charge in [-0.2, -0.15) is 0 Å². The van der Waals surface area contributed by atoms with E-state index in [4.69, 9.17) is 0 Å². The molecule has 0 amide bonds. The molecular formula is C14H18O3. The number of allylic oxidation sites excluding steroid dienone is 4. The van der Waals surface area contributed by atoms with Crippen molar-refractivity contribution in [1.82, 2.24) is 0 Å². The highest BCUT2D eigenvalue weighted by atomic mass is 16.5. The highest BCUT2D eigenvalue weighted by molar-refractivity contribution is 5.77. The predicted octanol–water partition coefficient (Wildman–Crippen LogP) is 2.42. The first-order valence-electron chi connectivity index (χ1n) is 6.17. The van der Waals surface area contributed by atoms with Gasteiger partial charge >= 0.3 is 5.97 Å². The Balaban J connectivity index is 1.78. The van der Waals surface area contributed by atoms with Gasteiger partial charge in [-0.25, -0.2) is 0 Å². The van der Waals surface area contributed by atoms with Crippen molar-refractivity contribution < 1.29 is 14.3 Å². The number of esters is 1. The Morgan fingerprint density at radius 1 is 1.59 bits per heavy atom. The molecule has 3 nitrogen and oxygen atoms in total. The topological polar surface area (TPSA) is 43.4 Å². The number of methoxy groups -OCH3 is 1. The van der Waals surface area contributed by atoms with Crippen LogP contribution in [0.4, 0.5) is 0 Å². The molecule has 0 aromatic heterocycles. The predicted molar refractivity (Wildman–Crippen MR) is 64.3 cm³/mol. The summed E-state index contributed by atoms with van der Waals surface area (Å²) in [5, 5.41) is 0. The molecule has 2 atom stereocenters. The van der Waals surface area contributed by atoms with Gasteiger partial charge in [0, 0.05) is 12.3 Å². The quantitative estimate of drug-likeness (QED) is 0.317. The van der Waals surface area contributed by atoms with Crippen LogP contribution in [0.25, 0.3) is 0 Å². The monoisotopic (exact) mass is 234 g/mol. The number of fused-ring (bicyclic) bond motifs is 1. The number of hydrogen-bond acceptors (Lipinski definition) is 3. The van der Waals surface area contributed by atoms with Crippen LogP contribution in [-0.4, -0.2) is 19.4 Å². The van der Waals surface area contributed by atoms with E-state index in [9.17, 15) is 9.59 Å². The van der Waals surface area contributed by atoms with Crippen molar-refractivity contribution in [2.45, 2.75) is 32.1 Å². The minimum absolute atomic E-state index is 0.149. The Labute approximate surface area is 102 Å². The van der Waals surface area contributed by atoms with Crippen LogP contribution >= 0.6 is 0 Å². The molecule has 3 heteroatoms. The number of unbranched alkanes of at least 4 members (excludes halogenated alkanes) is 1. The summed E-state index contributed by atoms with van der Waals surface area (Å²) < 4.78 is 4.59. The fraction of sp³-hybridized carbons (Fsp3) is 0.571. The second-order valence-corrected chi connectivity index (χ2v) is 4.75. The molecule has 2 rings (SSSR count). The lowest BCUT2D eigenvalue weighted by Gasteiger charge is -2.35. The van der Waals surface area contributed by atoms with E-state index in [-0.39, 0.29) is 5.97 Å². The number of hydrogen-bond donors (Lipinski definition) is 0. The van der Waals surface area contributed by atoms with Gasteiger partial charge in [0.2, 0.25) is 0 Å². The molecule has 0 N–H and O–H groups in total. The molecule has 0 heterocycles. The van der Waals surface area contributed by atoms with Crippen LogP contribution in [0.15, 0.2) is 23.3 Å². The molecular weight excluding hydrogens is 216 g/mol. The minimum atomic E-state index is -0.149. The van der Waals surface area contributed by atoms with E-state index in [0.717, 1.165) is 37.5 Å². The van der Waals surface area contributed by atoms with Crippen LogP contribution in [0.1, 0.15) is 32.1 Å². The molecule has 0 spiro atoms. The maximum atomic E-state index is 10.9. The molecule has 0 aliphatic heterocycles. The lowest BCUT2D eigenvalue weighted by Crippen LogP contribution is -2.26. The summed E-state index contributed by atoms with van der Waals surface area (Å²) in [6, 6.07) is 0. The van der Waals surface area contributed by atoms with Crippen molar-refractivity contribution >= 4 is 12.3 Å². The Morgan fingerprint density at radius 3 is 3.12 bits per heavy atom. The van der Waals surface area contributed by atoms with Crippen molar-refractivity contribution in [3.05, 3.63) is 23.3 Å². The molecule has 92 valence electrons.